The van der Waals surface area contributed by atoms with E-state index in [1.54, 1.807) is 0 Å². The normalized spacial score (nSPS) is 11.1. The van der Waals surface area contributed by atoms with Crippen molar-refractivity contribution < 1.29 is 48.6 Å². The van der Waals surface area contributed by atoms with Crippen molar-refractivity contribution in [1.29, 1.82) is 0 Å². The Morgan fingerprint density at radius 1 is 0.737 bits per heavy atom. The number of carboxylic acids is 2. The van der Waals surface area contributed by atoms with Gasteiger partial charge in [-0.2, -0.15) is 0 Å². The standard InChI is InChI=1S/C13H16N2O5.C9H13NO3.C3H2O2/c1-2-10(16)14-9-5-3-4-6-13(19)20-15-11(17)7-8-12(15)18;1-2-8(11)10-7-5-3-4-6-9(12)13;1-2-3(4)5/h1H,3-9H2,(H,14,16);1H,3-7H2,(H,10,11)(H,12,13);1H,(H,4,5). The van der Waals surface area contributed by atoms with Crippen molar-refractivity contribution >= 4 is 41.5 Å². The van der Waals surface area contributed by atoms with Gasteiger partial charge < -0.3 is 25.7 Å². The number of hydrogen-bond donors (Lipinski definition) is 4. The maximum atomic E-state index is 11.4. The maximum absolute atomic E-state index is 11.4. The molecule has 0 atom stereocenters. The van der Waals surface area contributed by atoms with Crippen molar-refractivity contribution in [2.45, 2.75) is 64.2 Å². The number of rotatable bonds is 13. The third-order valence-electron chi connectivity index (χ3n) is 4.28. The van der Waals surface area contributed by atoms with Crippen LogP contribution in [-0.4, -0.2) is 69.9 Å². The van der Waals surface area contributed by atoms with Crippen LogP contribution in [0.1, 0.15) is 64.2 Å². The van der Waals surface area contributed by atoms with E-state index in [2.05, 4.69) is 17.1 Å². The first kappa shape index (κ1) is 35.3. The number of amides is 4. The molecule has 1 aliphatic heterocycles. The van der Waals surface area contributed by atoms with Gasteiger partial charge in [0, 0.05) is 44.7 Å². The Balaban J connectivity index is 0. The molecule has 38 heavy (non-hydrogen) atoms. The van der Waals surface area contributed by atoms with Gasteiger partial charge in [-0.1, -0.05) is 12.8 Å². The van der Waals surface area contributed by atoms with E-state index in [4.69, 9.17) is 32.7 Å². The molecule has 1 heterocycles. The quantitative estimate of drug-likeness (QED) is 0.142. The summed E-state index contributed by atoms with van der Waals surface area (Å²) in [5.74, 6) is 0.839. The number of aliphatic carboxylic acids is 2. The van der Waals surface area contributed by atoms with Crippen LogP contribution in [0, 0.1) is 37.0 Å². The molecule has 0 unspecified atom stereocenters. The first-order valence-corrected chi connectivity index (χ1v) is 11.4. The second-order valence-electron chi connectivity index (χ2n) is 7.31. The summed E-state index contributed by atoms with van der Waals surface area (Å²) in [6.07, 6.45) is 18.6. The summed E-state index contributed by atoms with van der Waals surface area (Å²) in [7, 11) is 0. The topological polar surface area (TPSA) is 196 Å². The monoisotopic (exact) mass is 533 g/mol. The molecule has 0 radical (unpaired) electrons. The lowest BCUT2D eigenvalue weighted by Crippen LogP contribution is -2.31. The molecule has 0 bridgehead atoms. The number of carboxylic acid groups (broad SMARTS) is 2. The van der Waals surface area contributed by atoms with E-state index in [0.717, 1.165) is 12.8 Å². The van der Waals surface area contributed by atoms with Gasteiger partial charge in [-0.25, -0.2) is 9.59 Å². The Morgan fingerprint density at radius 3 is 1.53 bits per heavy atom. The van der Waals surface area contributed by atoms with Gasteiger partial charge in [0.2, 0.25) is 0 Å². The summed E-state index contributed by atoms with van der Waals surface area (Å²) in [5.41, 5.74) is 0. The molecular weight excluding hydrogens is 502 g/mol. The maximum Gasteiger partial charge on any atom is 0.381 e. The number of carbonyl (C=O) groups excluding carboxylic acids is 5. The molecule has 206 valence electrons. The van der Waals surface area contributed by atoms with E-state index in [1.165, 1.54) is 5.92 Å². The predicted molar refractivity (Wildman–Crippen MR) is 132 cm³/mol. The van der Waals surface area contributed by atoms with Crippen molar-refractivity contribution in [2.24, 2.45) is 0 Å². The predicted octanol–water partition coefficient (Wildman–Crippen LogP) is -0.0116. The third-order valence-corrected chi connectivity index (χ3v) is 4.28. The zero-order chi connectivity index (χ0) is 29.3. The number of imide groups is 1. The van der Waals surface area contributed by atoms with Gasteiger partial charge in [-0.15, -0.1) is 24.3 Å². The van der Waals surface area contributed by atoms with Crippen LogP contribution in [0.5, 0.6) is 0 Å². The Labute approximate surface area is 220 Å². The number of hydroxylamine groups is 2. The Hall–Kier alpha value is -4.83. The Bertz CT molecular complexity index is 953. The SMILES string of the molecule is C#CC(=O)NCCCCCC(=O)O.C#CC(=O)NCCCCCC(=O)ON1C(=O)CCC1=O.C#CC(=O)O. The van der Waals surface area contributed by atoms with E-state index in [1.807, 2.05) is 11.8 Å². The van der Waals surface area contributed by atoms with Crippen molar-refractivity contribution in [3.05, 3.63) is 0 Å². The van der Waals surface area contributed by atoms with E-state index in [0.29, 0.717) is 43.8 Å². The fourth-order valence-corrected chi connectivity index (χ4v) is 2.46. The molecule has 0 saturated carbocycles. The van der Waals surface area contributed by atoms with Gasteiger partial charge in [0.15, 0.2) is 0 Å². The highest BCUT2D eigenvalue weighted by Crippen LogP contribution is 2.13. The van der Waals surface area contributed by atoms with Gasteiger partial charge in [0.25, 0.3) is 23.6 Å². The summed E-state index contributed by atoms with van der Waals surface area (Å²) in [4.78, 5) is 79.0. The lowest BCUT2D eigenvalue weighted by molar-refractivity contribution is -0.197. The van der Waals surface area contributed by atoms with Crippen LogP contribution in [-0.2, 0) is 38.4 Å². The van der Waals surface area contributed by atoms with Gasteiger partial charge in [-0.3, -0.25) is 24.0 Å². The van der Waals surface area contributed by atoms with Crippen LogP contribution in [0.4, 0.5) is 0 Å². The molecule has 0 aromatic heterocycles. The molecule has 0 aliphatic carbocycles. The summed E-state index contributed by atoms with van der Waals surface area (Å²) < 4.78 is 0. The molecule has 1 rings (SSSR count). The van der Waals surface area contributed by atoms with Crippen molar-refractivity contribution in [3.8, 4) is 37.0 Å². The molecule has 1 fully saturated rings. The molecule has 4 amide bonds. The zero-order valence-corrected chi connectivity index (χ0v) is 20.8. The van der Waals surface area contributed by atoms with E-state index in [-0.39, 0.29) is 25.7 Å². The lowest BCUT2D eigenvalue weighted by atomic mass is 10.2. The van der Waals surface area contributed by atoms with Crippen LogP contribution in [0.2, 0.25) is 0 Å². The minimum absolute atomic E-state index is 0.0843. The van der Waals surface area contributed by atoms with Gasteiger partial charge in [0.05, 0.1) is 0 Å². The first-order chi connectivity index (χ1) is 18.0. The number of terminal acetylenes is 3. The highest BCUT2D eigenvalue weighted by Gasteiger charge is 2.32. The fraction of sp³-hybridized carbons (Fsp3) is 0.480. The van der Waals surface area contributed by atoms with Gasteiger partial charge in [0.1, 0.15) is 0 Å². The molecule has 0 aromatic carbocycles. The number of unbranched alkanes of at least 4 members (excludes halogenated alkanes) is 4. The van der Waals surface area contributed by atoms with Crippen molar-refractivity contribution in [2.75, 3.05) is 13.1 Å². The molecule has 1 saturated heterocycles. The summed E-state index contributed by atoms with van der Waals surface area (Å²) in [6.45, 7) is 0.962. The van der Waals surface area contributed by atoms with E-state index in [9.17, 15) is 28.8 Å². The van der Waals surface area contributed by atoms with Crippen LogP contribution in [0.3, 0.4) is 0 Å². The highest BCUT2D eigenvalue weighted by atomic mass is 16.7. The molecule has 0 spiro atoms. The molecular formula is C25H31N3O10. The molecule has 4 N–H and O–H groups in total. The minimum Gasteiger partial charge on any atom is -0.481 e. The van der Waals surface area contributed by atoms with Crippen molar-refractivity contribution in [3.63, 3.8) is 0 Å². The zero-order valence-electron chi connectivity index (χ0n) is 20.8. The number of nitrogens with zero attached hydrogens (tertiary/aromatic N) is 1. The third kappa shape index (κ3) is 21.7. The largest absolute Gasteiger partial charge is 0.481 e. The second kappa shape index (κ2) is 22.6. The smallest absolute Gasteiger partial charge is 0.381 e. The molecule has 13 heteroatoms. The average molecular weight is 534 g/mol. The van der Waals surface area contributed by atoms with Crippen LogP contribution >= 0.6 is 0 Å². The lowest BCUT2D eigenvalue weighted by Gasteiger charge is -2.12. The van der Waals surface area contributed by atoms with Gasteiger partial charge in [-0.05, 0) is 37.5 Å². The van der Waals surface area contributed by atoms with Gasteiger partial charge >= 0.3 is 17.9 Å². The van der Waals surface area contributed by atoms with Crippen molar-refractivity contribution in [1.82, 2.24) is 15.7 Å². The summed E-state index contributed by atoms with van der Waals surface area (Å²) in [5, 5.41) is 21.3. The fourth-order valence-electron chi connectivity index (χ4n) is 2.46. The van der Waals surface area contributed by atoms with E-state index < -0.39 is 41.5 Å². The van der Waals surface area contributed by atoms with E-state index >= 15 is 0 Å². The number of carbonyl (C=O) groups is 7. The first-order valence-electron chi connectivity index (χ1n) is 11.4. The van der Waals surface area contributed by atoms with Crippen LogP contribution < -0.4 is 10.6 Å². The highest BCUT2D eigenvalue weighted by molar-refractivity contribution is 6.01. The minimum atomic E-state index is -1.22. The number of hydrogen-bond acceptors (Lipinski definition) is 8. The number of nitrogens with one attached hydrogen (secondary N) is 2. The Morgan fingerprint density at radius 2 is 1.16 bits per heavy atom. The molecule has 0 aromatic rings. The average Bonchev–Trinajstić information content (AvgIpc) is 3.20. The van der Waals surface area contributed by atoms with Crippen LogP contribution in [0.25, 0.3) is 0 Å². The summed E-state index contributed by atoms with van der Waals surface area (Å²) >= 11 is 0. The molecule has 13 nitrogen and oxygen atoms in total. The summed E-state index contributed by atoms with van der Waals surface area (Å²) in [6, 6.07) is 0. The Kier molecular flexibility index (Phi) is 21.0. The van der Waals surface area contributed by atoms with Crippen LogP contribution in [0.15, 0.2) is 0 Å². The second-order valence-corrected chi connectivity index (χ2v) is 7.31. The molecule has 1 aliphatic rings.